The SMILES string of the molecule is Cc1cc(C)nc(NCC2CC(OCC(=O)NCC(NS(=O)(=O)c3c(C)cc(C)cc3C)C(=O)O)CN2OC(=O)OCc2ccccc2)c1. The number of carboxylic acids is 1. The van der Waals surface area contributed by atoms with Crippen molar-refractivity contribution in [1.29, 1.82) is 0 Å². The molecule has 3 unspecified atom stereocenters. The van der Waals surface area contributed by atoms with Gasteiger partial charge in [0, 0.05) is 18.8 Å². The summed E-state index contributed by atoms with van der Waals surface area (Å²) in [5.74, 6) is -1.45. The highest BCUT2D eigenvalue weighted by Gasteiger charge is 2.36. The van der Waals surface area contributed by atoms with E-state index < -0.39 is 53.4 Å². The Hall–Kier alpha value is -4.57. The smallest absolute Gasteiger partial charge is 0.480 e. The lowest BCUT2D eigenvalue weighted by Gasteiger charge is -2.22. The van der Waals surface area contributed by atoms with Crippen LogP contribution in [0.5, 0.6) is 0 Å². The molecule has 1 saturated heterocycles. The molecule has 0 saturated carbocycles. The van der Waals surface area contributed by atoms with Crippen molar-refractivity contribution in [2.24, 2.45) is 0 Å². The molecule has 3 aromatic rings. The maximum atomic E-state index is 13.1. The maximum absolute atomic E-state index is 13.1. The summed E-state index contributed by atoms with van der Waals surface area (Å²) < 4.78 is 39.5. The highest BCUT2D eigenvalue weighted by atomic mass is 32.2. The molecule has 264 valence electrons. The van der Waals surface area contributed by atoms with Crippen LogP contribution in [0, 0.1) is 34.6 Å². The number of carbonyl (C=O) groups excluding carboxylic acids is 2. The summed E-state index contributed by atoms with van der Waals surface area (Å²) >= 11 is 0. The van der Waals surface area contributed by atoms with Crippen LogP contribution in [0.15, 0.2) is 59.5 Å². The van der Waals surface area contributed by atoms with Crippen LogP contribution in [-0.2, 0) is 40.5 Å². The molecule has 49 heavy (non-hydrogen) atoms. The molecule has 15 heteroatoms. The Morgan fingerprint density at radius 2 is 1.67 bits per heavy atom. The molecule has 0 bridgehead atoms. The third-order valence-corrected chi connectivity index (χ3v) is 9.53. The molecular formula is C34H43N5O9S. The second kappa shape index (κ2) is 16.7. The number of hydroxylamine groups is 2. The third-order valence-electron chi connectivity index (χ3n) is 7.76. The topological polar surface area (TPSA) is 185 Å². The highest BCUT2D eigenvalue weighted by Crippen LogP contribution is 2.23. The summed E-state index contributed by atoms with van der Waals surface area (Å²) in [5.41, 5.74) is 4.50. The number of pyridine rings is 1. The van der Waals surface area contributed by atoms with E-state index >= 15 is 0 Å². The van der Waals surface area contributed by atoms with E-state index in [1.807, 2.05) is 63.2 Å². The molecule has 3 atom stereocenters. The first-order valence-electron chi connectivity index (χ1n) is 15.8. The zero-order chi connectivity index (χ0) is 35.7. The Kier molecular flexibility index (Phi) is 12.7. The summed E-state index contributed by atoms with van der Waals surface area (Å²) in [6.07, 6.45) is -1.05. The van der Waals surface area contributed by atoms with E-state index in [-0.39, 0.29) is 24.1 Å². The number of hydrogen-bond acceptors (Lipinski definition) is 11. The number of benzene rings is 2. The van der Waals surface area contributed by atoms with Gasteiger partial charge in [-0.1, -0.05) is 48.0 Å². The monoisotopic (exact) mass is 697 g/mol. The molecule has 4 rings (SSSR count). The van der Waals surface area contributed by atoms with Gasteiger partial charge in [-0.2, -0.15) is 4.72 Å². The number of carboxylic acid groups (broad SMARTS) is 1. The Labute approximate surface area is 286 Å². The fourth-order valence-electron chi connectivity index (χ4n) is 5.73. The van der Waals surface area contributed by atoms with Crippen LogP contribution >= 0.6 is 0 Å². The van der Waals surface area contributed by atoms with Crippen LogP contribution in [0.3, 0.4) is 0 Å². The largest absolute Gasteiger partial charge is 0.528 e. The fraction of sp³-hybridized carbons (Fsp3) is 0.412. The maximum Gasteiger partial charge on any atom is 0.528 e. The summed E-state index contributed by atoms with van der Waals surface area (Å²) in [6.45, 7) is 8.50. The second-order valence-corrected chi connectivity index (χ2v) is 13.8. The predicted molar refractivity (Wildman–Crippen MR) is 180 cm³/mol. The first-order valence-corrected chi connectivity index (χ1v) is 17.2. The van der Waals surface area contributed by atoms with Crippen molar-refractivity contribution in [1.82, 2.24) is 20.1 Å². The van der Waals surface area contributed by atoms with Crippen molar-refractivity contribution in [3.05, 3.63) is 88.1 Å². The second-order valence-electron chi connectivity index (χ2n) is 12.1. The quantitative estimate of drug-likeness (QED) is 0.170. The number of aliphatic carboxylic acids is 1. The van der Waals surface area contributed by atoms with Crippen molar-refractivity contribution in [2.75, 3.05) is 31.6 Å². The van der Waals surface area contributed by atoms with Gasteiger partial charge in [-0.15, -0.1) is 5.06 Å². The average Bonchev–Trinajstić information content (AvgIpc) is 3.40. The number of anilines is 1. The van der Waals surface area contributed by atoms with E-state index in [4.69, 9.17) is 14.3 Å². The minimum atomic E-state index is -4.21. The standard InChI is InChI=1S/C34H43N5O9S/c1-21-11-23(3)32(24(4)12-21)49(44,45)38-29(33(41)42)17-36-31(40)20-46-28-15-27(16-35-30-14-22(2)13-25(5)37-30)39(18-28)48-34(43)47-19-26-9-7-6-8-10-26/h6-14,27-29,38H,15-20H2,1-5H3,(H,35,37)(H,36,40)(H,41,42). The Morgan fingerprint density at radius 1 is 1.00 bits per heavy atom. The minimum Gasteiger partial charge on any atom is -0.480 e. The molecule has 0 aliphatic carbocycles. The van der Waals surface area contributed by atoms with Crippen LogP contribution in [0.25, 0.3) is 0 Å². The number of carbonyl (C=O) groups is 3. The van der Waals surface area contributed by atoms with E-state index in [2.05, 4.69) is 20.3 Å². The van der Waals surface area contributed by atoms with E-state index in [1.165, 1.54) is 5.06 Å². The number of sulfonamides is 1. The van der Waals surface area contributed by atoms with E-state index in [1.54, 1.807) is 26.0 Å². The third kappa shape index (κ3) is 11.0. The molecule has 1 aliphatic rings. The molecule has 0 spiro atoms. The Bertz CT molecular complexity index is 1710. The number of rotatable bonds is 15. The molecule has 1 aromatic heterocycles. The number of hydrogen-bond donors (Lipinski definition) is 4. The van der Waals surface area contributed by atoms with Crippen LogP contribution in [-0.4, -0.2) is 86.0 Å². The van der Waals surface area contributed by atoms with Gasteiger partial charge in [0.25, 0.3) is 0 Å². The molecule has 0 radical (unpaired) electrons. The first-order chi connectivity index (χ1) is 23.2. The lowest BCUT2D eigenvalue weighted by Crippen LogP contribution is -2.49. The van der Waals surface area contributed by atoms with Crippen molar-refractivity contribution in [3.63, 3.8) is 0 Å². The highest BCUT2D eigenvalue weighted by molar-refractivity contribution is 7.89. The van der Waals surface area contributed by atoms with Gasteiger partial charge in [0.2, 0.25) is 15.9 Å². The van der Waals surface area contributed by atoms with Crippen LogP contribution < -0.4 is 15.4 Å². The van der Waals surface area contributed by atoms with E-state index in [9.17, 15) is 27.9 Å². The van der Waals surface area contributed by atoms with Crippen LogP contribution in [0.2, 0.25) is 0 Å². The van der Waals surface area contributed by atoms with Crippen molar-refractivity contribution >= 4 is 33.9 Å². The van der Waals surface area contributed by atoms with Crippen LogP contribution in [0.4, 0.5) is 10.6 Å². The zero-order valence-electron chi connectivity index (χ0n) is 28.2. The van der Waals surface area contributed by atoms with Gasteiger partial charge in [-0.05, 0) is 75.4 Å². The van der Waals surface area contributed by atoms with Crippen molar-refractivity contribution in [3.8, 4) is 0 Å². The van der Waals surface area contributed by atoms with Crippen molar-refractivity contribution in [2.45, 2.75) is 70.7 Å². The molecule has 2 aromatic carbocycles. The molecule has 14 nitrogen and oxygen atoms in total. The van der Waals surface area contributed by atoms with Gasteiger partial charge < -0.3 is 30.1 Å². The molecule has 1 aliphatic heterocycles. The van der Waals surface area contributed by atoms with Gasteiger partial charge in [0.15, 0.2) is 0 Å². The average molecular weight is 698 g/mol. The number of ether oxygens (including phenoxy) is 2. The Morgan fingerprint density at radius 3 is 2.33 bits per heavy atom. The van der Waals surface area contributed by atoms with Gasteiger partial charge in [0.1, 0.15) is 25.1 Å². The summed E-state index contributed by atoms with van der Waals surface area (Å²) in [6, 6.07) is 14.4. The van der Waals surface area contributed by atoms with Crippen molar-refractivity contribution < 1.29 is 42.2 Å². The summed E-state index contributed by atoms with van der Waals surface area (Å²) in [7, 11) is -4.21. The Balaban J connectivity index is 1.33. The first kappa shape index (κ1) is 37.3. The van der Waals surface area contributed by atoms with Gasteiger partial charge in [-0.3, -0.25) is 9.59 Å². The lowest BCUT2D eigenvalue weighted by atomic mass is 10.1. The summed E-state index contributed by atoms with van der Waals surface area (Å²) in [4.78, 5) is 47.2. The number of amides is 1. The minimum absolute atomic E-state index is 0.00618. The fourth-order valence-corrected chi connectivity index (χ4v) is 7.37. The molecule has 1 fully saturated rings. The number of nitrogens with one attached hydrogen (secondary N) is 3. The van der Waals surface area contributed by atoms with E-state index in [0.29, 0.717) is 29.9 Å². The lowest BCUT2D eigenvalue weighted by molar-refractivity contribution is -0.143. The van der Waals surface area contributed by atoms with Gasteiger partial charge >= 0.3 is 12.1 Å². The number of aromatic nitrogens is 1. The molecule has 4 N–H and O–H groups in total. The predicted octanol–water partition coefficient (Wildman–Crippen LogP) is 3.31. The van der Waals surface area contributed by atoms with Gasteiger partial charge in [0.05, 0.1) is 23.6 Å². The molecule has 2 heterocycles. The van der Waals surface area contributed by atoms with Crippen LogP contribution in [0.1, 0.15) is 39.9 Å². The normalized spacial score (nSPS) is 16.9. The molecule has 1 amide bonds. The molecular weight excluding hydrogens is 654 g/mol. The number of nitrogens with zero attached hydrogens (tertiary/aromatic N) is 2. The summed E-state index contributed by atoms with van der Waals surface area (Å²) in [5, 5.41) is 16.8. The van der Waals surface area contributed by atoms with Gasteiger partial charge in [-0.25, -0.2) is 18.2 Å². The zero-order valence-corrected chi connectivity index (χ0v) is 29.0. The van der Waals surface area contributed by atoms with E-state index in [0.717, 1.165) is 22.4 Å². The number of aryl methyl sites for hydroxylation is 5.